The molecule has 4 aromatic heterocycles. The van der Waals surface area contributed by atoms with E-state index >= 15 is 0 Å². The minimum atomic E-state index is 0.593. The molecule has 0 saturated carbocycles. The van der Waals surface area contributed by atoms with Crippen LogP contribution in [0.3, 0.4) is 0 Å². The van der Waals surface area contributed by atoms with E-state index < -0.39 is 0 Å². The van der Waals surface area contributed by atoms with Gasteiger partial charge in [-0.05, 0) is 95.1 Å². The smallest absolute Gasteiger partial charge is 0.164 e. The summed E-state index contributed by atoms with van der Waals surface area (Å²) >= 11 is 0. The average molecular weight is 882 g/mol. The van der Waals surface area contributed by atoms with E-state index in [-0.39, 0.29) is 0 Å². The van der Waals surface area contributed by atoms with Crippen LogP contribution in [0.1, 0.15) is 0 Å². The predicted octanol–water partition coefficient (Wildman–Crippen LogP) is 16.3. The maximum Gasteiger partial charge on any atom is 0.164 e. The molecule has 4 heterocycles. The molecule has 10 aromatic carbocycles. The van der Waals surface area contributed by atoms with E-state index in [1.807, 2.05) is 72.8 Å². The topological polar surface area (TPSA) is 61.7 Å². The van der Waals surface area contributed by atoms with Crippen LogP contribution in [0.5, 0.6) is 0 Å². The average Bonchev–Trinajstić information content (AvgIpc) is 4.08. The summed E-state index contributed by atoms with van der Waals surface area (Å²) in [6.07, 6.45) is 0. The number of rotatable bonds is 7. The quantitative estimate of drug-likeness (QED) is 0.160. The van der Waals surface area contributed by atoms with Crippen LogP contribution in [0.4, 0.5) is 0 Å². The number of benzene rings is 10. The van der Waals surface area contributed by atoms with Gasteiger partial charge in [0.25, 0.3) is 0 Å². The second kappa shape index (κ2) is 15.6. The fraction of sp³-hybridized carbons (Fsp3) is 0. The summed E-state index contributed by atoms with van der Waals surface area (Å²) in [6, 6.07) is 83.5. The predicted molar refractivity (Wildman–Crippen MR) is 283 cm³/mol. The van der Waals surface area contributed by atoms with Crippen molar-refractivity contribution in [2.75, 3.05) is 0 Å². The van der Waals surface area contributed by atoms with Crippen molar-refractivity contribution in [3.63, 3.8) is 0 Å². The van der Waals surface area contributed by atoms with Crippen LogP contribution in [-0.4, -0.2) is 24.1 Å². The molecule has 0 aliphatic rings. The summed E-state index contributed by atoms with van der Waals surface area (Å²) in [5, 5.41) is 6.79. The first-order valence-corrected chi connectivity index (χ1v) is 23.3. The molecule has 0 unspecified atom stereocenters. The second-order valence-corrected chi connectivity index (χ2v) is 17.6. The molecule has 0 aliphatic heterocycles. The first-order valence-electron chi connectivity index (χ1n) is 23.3. The number of furan rings is 1. The molecule has 0 fully saturated rings. The van der Waals surface area contributed by atoms with Gasteiger partial charge in [-0.15, -0.1) is 0 Å². The maximum absolute atomic E-state index is 6.55. The number of aromatic nitrogens is 5. The maximum atomic E-state index is 6.55. The van der Waals surface area contributed by atoms with Gasteiger partial charge in [0.15, 0.2) is 17.5 Å². The molecule has 0 N–H and O–H groups in total. The third kappa shape index (κ3) is 6.38. The molecule has 6 heteroatoms. The van der Waals surface area contributed by atoms with E-state index in [0.29, 0.717) is 17.5 Å². The van der Waals surface area contributed by atoms with Crippen LogP contribution in [-0.2, 0) is 0 Å². The Morgan fingerprint density at radius 3 is 1.42 bits per heavy atom. The zero-order valence-electron chi connectivity index (χ0n) is 37.2. The van der Waals surface area contributed by atoms with Crippen molar-refractivity contribution in [2.45, 2.75) is 0 Å². The SMILES string of the molecule is c1ccc(-c2cccc(-n3c4ccccc4c4cc(-n5c6ccccc6c6cc(-c7ccc8oc9cccc(-c%10nc(-c%11ccccc%11)nc(-c%11ccccc%11)n%10)c9c8c7)ccc65)ccc43)c2)cc1. The molecule has 0 bridgehead atoms. The van der Waals surface area contributed by atoms with E-state index in [9.17, 15) is 0 Å². The second-order valence-electron chi connectivity index (χ2n) is 17.6. The molecule has 0 amide bonds. The van der Waals surface area contributed by atoms with Gasteiger partial charge in [-0.1, -0.05) is 164 Å². The Bertz CT molecular complexity index is 4240. The fourth-order valence-corrected chi connectivity index (χ4v) is 10.4. The zero-order chi connectivity index (χ0) is 45.4. The number of hydrogen-bond donors (Lipinski definition) is 0. The van der Waals surface area contributed by atoms with E-state index in [2.05, 4.69) is 173 Å². The number of nitrogens with zero attached hydrogens (tertiary/aromatic N) is 5. The number of para-hydroxylation sites is 2. The Hall–Kier alpha value is -9.39. The molecule has 0 saturated heterocycles. The van der Waals surface area contributed by atoms with Crippen molar-refractivity contribution < 1.29 is 4.42 Å². The van der Waals surface area contributed by atoms with Gasteiger partial charge in [0.1, 0.15) is 11.2 Å². The molecule has 14 aromatic rings. The van der Waals surface area contributed by atoms with Crippen LogP contribution >= 0.6 is 0 Å². The van der Waals surface area contributed by atoms with Crippen molar-refractivity contribution in [1.29, 1.82) is 0 Å². The van der Waals surface area contributed by atoms with Crippen molar-refractivity contribution in [3.05, 3.63) is 237 Å². The Labute approximate surface area is 396 Å². The van der Waals surface area contributed by atoms with Gasteiger partial charge in [0, 0.05) is 60.4 Å². The van der Waals surface area contributed by atoms with E-state index in [1.54, 1.807) is 0 Å². The molecule has 14 rings (SSSR count). The van der Waals surface area contributed by atoms with E-state index in [1.165, 1.54) is 43.7 Å². The van der Waals surface area contributed by atoms with Crippen molar-refractivity contribution in [2.24, 2.45) is 0 Å². The molecule has 0 radical (unpaired) electrons. The summed E-state index contributed by atoms with van der Waals surface area (Å²) in [6.45, 7) is 0. The lowest BCUT2D eigenvalue weighted by molar-refractivity contribution is 0.669. The summed E-state index contributed by atoms with van der Waals surface area (Å²) in [7, 11) is 0. The zero-order valence-corrected chi connectivity index (χ0v) is 37.2. The van der Waals surface area contributed by atoms with Crippen molar-refractivity contribution in [1.82, 2.24) is 24.1 Å². The van der Waals surface area contributed by atoms with Crippen LogP contribution in [0, 0.1) is 0 Å². The normalized spacial score (nSPS) is 11.8. The van der Waals surface area contributed by atoms with Crippen LogP contribution < -0.4 is 0 Å². The molecule has 0 aliphatic carbocycles. The highest BCUT2D eigenvalue weighted by Gasteiger charge is 2.21. The standard InChI is InChI=1S/C63H39N5O/c1-4-16-40(17-5-1)43-22-14-23-46(36-43)67-55-28-13-11-25-49(55)52-39-47(32-34-57(52)67)68-54-27-12-10-24-48(54)51-37-44(30-33-56(51)68)45-31-35-58-53(38-45)60-50(26-15-29-59(60)69-58)63-65-61(41-18-6-2-7-19-41)64-62(66-63)42-20-8-3-9-21-42/h1-39H. The minimum absolute atomic E-state index is 0.593. The third-order valence-corrected chi connectivity index (χ3v) is 13.6. The molecule has 69 heavy (non-hydrogen) atoms. The first kappa shape index (κ1) is 38.8. The Morgan fingerprint density at radius 2 is 0.754 bits per heavy atom. The van der Waals surface area contributed by atoms with Gasteiger partial charge in [0.2, 0.25) is 0 Å². The monoisotopic (exact) mass is 881 g/mol. The minimum Gasteiger partial charge on any atom is -0.456 e. The van der Waals surface area contributed by atoms with Gasteiger partial charge < -0.3 is 13.6 Å². The van der Waals surface area contributed by atoms with Crippen LogP contribution in [0.2, 0.25) is 0 Å². The highest BCUT2D eigenvalue weighted by molar-refractivity contribution is 6.15. The molecule has 0 atom stereocenters. The Morgan fingerprint density at radius 1 is 0.275 bits per heavy atom. The Balaban J connectivity index is 0.899. The summed E-state index contributed by atoms with van der Waals surface area (Å²) in [4.78, 5) is 15.2. The lowest BCUT2D eigenvalue weighted by Crippen LogP contribution is -2.00. The molecule has 322 valence electrons. The largest absolute Gasteiger partial charge is 0.456 e. The first-order chi connectivity index (χ1) is 34.2. The summed E-state index contributed by atoms with van der Waals surface area (Å²) in [5.74, 6) is 1.83. The number of fused-ring (bicyclic) bond motifs is 9. The highest BCUT2D eigenvalue weighted by atomic mass is 16.3. The highest BCUT2D eigenvalue weighted by Crippen LogP contribution is 2.42. The van der Waals surface area contributed by atoms with E-state index in [0.717, 1.165) is 72.2 Å². The lowest BCUT2D eigenvalue weighted by Gasteiger charge is -2.12. The van der Waals surface area contributed by atoms with Crippen molar-refractivity contribution in [3.8, 4) is 67.8 Å². The fourth-order valence-electron chi connectivity index (χ4n) is 10.4. The summed E-state index contributed by atoms with van der Waals surface area (Å²) < 4.78 is 11.4. The molecular formula is C63H39N5O. The molecular weight excluding hydrogens is 843 g/mol. The Kier molecular flexibility index (Phi) is 8.79. The number of hydrogen-bond acceptors (Lipinski definition) is 4. The summed E-state index contributed by atoms with van der Waals surface area (Å²) in [5.41, 5.74) is 15.8. The van der Waals surface area contributed by atoms with Gasteiger partial charge in [-0.3, -0.25) is 0 Å². The lowest BCUT2D eigenvalue weighted by atomic mass is 9.99. The van der Waals surface area contributed by atoms with Crippen molar-refractivity contribution >= 4 is 65.6 Å². The van der Waals surface area contributed by atoms with Gasteiger partial charge in [0.05, 0.1) is 22.1 Å². The van der Waals surface area contributed by atoms with Gasteiger partial charge in [-0.2, -0.15) is 0 Å². The molecule has 0 spiro atoms. The van der Waals surface area contributed by atoms with Crippen LogP contribution in [0.15, 0.2) is 241 Å². The van der Waals surface area contributed by atoms with E-state index in [4.69, 9.17) is 19.4 Å². The van der Waals surface area contributed by atoms with Gasteiger partial charge >= 0.3 is 0 Å². The third-order valence-electron chi connectivity index (χ3n) is 13.6. The molecule has 6 nitrogen and oxygen atoms in total. The van der Waals surface area contributed by atoms with Crippen LogP contribution in [0.25, 0.3) is 133 Å². The van der Waals surface area contributed by atoms with Gasteiger partial charge in [-0.25, -0.2) is 15.0 Å².